The van der Waals surface area contributed by atoms with Gasteiger partial charge in [0.1, 0.15) is 5.58 Å². The summed E-state index contributed by atoms with van der Waals surface area (Å²) in [4.78, 5) is 26.0. The van der Waals surface area contributed by atoms with Crippen LogP contribution in [0.5, 0.6) is 0 Å². The molecule has 0 aliphatic carbocycles. The van der Waals surface area contributed by atoms with Crippen molar-refractivity contribution in [2.24, 2.45) is 0 Å². The maximum Gasteiger partial charge on any atom is 0.336 e. The molecule has 0 fully saturated rings. The van der Waals surface area contributed by atoms with Crippen LogP contribution in [0.2, 0.25) is 0 Å². The maximum absolute atomic E-state index is 12.1. The van der Waals surface area contributed by atoms with Crippen LogP contribution < -0.4 is 11.1 Å². The summed E-state index contributed by atoms with van der Waals surface area (Å²) < 4.78 is 4.91. The molecule has 0 unspecified atom stereocenters. The number of nitrogens with one attached hydrogen (secondary N) is 1. The summed E-state index contributed by atoms with van der Waals surface area (Å²) in [5, 5.41) is 2.44. The molecule has 4 heteroatoms. The largest absolute Gasteiger partial charge is 0.423 e. The van der Waals surface area contributed by atoms with E-state index in [1.54, 1.807) is 12.1 Å². The van der Waals surface area contributed by atoms with Gasteiger partial charge >= 0.3 is 5.63 Å². The minimum absolute atomic E-state index is 0.0972. The van der Waals surface area contributed by atoms with Crippen LogP contribution in [0.25, 0.3) is 32.8 Å². The number of hydrogen-bond donors (Lipinski definition) is 1. The molecule has 0 radical (unpaired) electrons. The lowest BCUT2D eigenvalue weighted by molar-refractivity contribution is 0.561. The first-order valence-electron chi connectivity index (χ1n) is 8.21. The minimum Gasteiger partial charge on any atom is -0.423 e. The van der Waals surface area contributed by atoms with Crippen molar-refractivity contribution in [2.75, 3.05) is 0 Å². The molecule has 0 saturated heterocycles. The van der Waals surface area contributed by atoms with Crippen molar-refractivity contribution in [3.8, 4) is 0 Å². The average molecular weight is 341 g/mol. The second kappa shape index (κ2) is 6.69. The predicted molar refractivity (Wildman–Crippen MR) is 105 cm³/mol. The van der Waals surface area contributed by atoms with Crippen molar-refractivity contribution in [3.63, 3.8) is 0 Å². The summed E-state index contributed by atoms with van der Waals surface area (Å²) >= 11 is 0. The fraction of sp³-hybridized carbons (Fsp3) is 0. The molecule has 0 atom stereocenters. The van der Waals surface area contributed by atoms with Gasteiger partial charge in [-0.05, 0) is 36.4 Å². The Morgan fingerprint density at radius 3 is 1.88 bits per heavy atom. The van der Waals surface area contributed by atoms with Crippen LogP contribution in [0.1, 0.15) is 0 Å². The Morgan fingerprint density at radius 2 is 1.19 bits per heavy atom. The van der Waals surface area contributed by atoms with Gasteiger partial charge in [-0.2, -0.15) is 0 Å². The van der Waals surface area contributed by atoms with Gasteiger partial charge < -0.3 is 9.40 Å². The Morgan fingerprint density at radius 1 is 0.615 bits per heavy atom. The summed E-state index contributed by atoms with van der Waals surface area (Å²) in [6, 6.07) is 25.7. The van der Waals surface area contributed by atoms with Crippen molar-refractivity contribution in [3.05, 3.63) is 106 Å². The molecular weight excluding hydrogens is 326 g/mol. The van der Waals surface area contributed by atoms with Crippen molar-refractivity contribution in [1.29, 1.82) is 0 Å². The topological polar surface area (TPSA) is 63.1 Å². The highest BCUT2D eigenvalue weighted by Crippen LogP contribution is 2.13. The van der Waals surface area contributed by atoms with Crippen LogP contribution in [0.4, 0.5) is 0 Å². The SMILES string of the molecule is O=c1c2ccccc2[nH]c2ccccc12.O=c1ccc2ccccc2o1. The fourth-order valence-electron chi connectivity index (χ4n) is 2.88. The van der Waals surface area contributed by atoms with E-state index in [0.29, 0.717) is 5.58 Å². The van der Waals surface area contributed by atoms with E-state index in [2.05, 4.69) is 4.98 Å². The molecular formula is C22H15NO3. The van der Waals surface area contributed by atoms with Crippen molar-refractivity contribution in [2.45, 2.75) is 0 Å². The van der Waals surface area contributed by atoms with E-state index < -0.39 is 0 Å². The highest BCUT2D eigenvalue weighted by molar-refractivity contribution is 5.92. The van der Waals surface area contributed by atoms with E-state index in [0.717, 1.165) is 27.2 Å². The first kappa shape index (κ1) is 15.8. The number of benzene rings is 3. The zero-order chi connectivity index (χ0) is 17.9. The third-order valence-corrected chi connectivity index (χ3v) is 4.14. The van der Waals surface area contributed by atoms with E-state index >= 15 is 0 Å². The molecule has 0 bridgehead atoms. The Labute approximate surface area is 148 Å². The summed E-state index contributed by atoms with van der Waals surface area (Å²) in [7, 11) is 0. The Hall–Kier alpha value is -3.66. The molecule has 3 aromatic carbocycles. The first-order chi connectivity index (χ1) is 12.7. The third kappa shape index (κ3) is 3.00. The van der Waals surface area contributed by atoms with Crippen LogP contribution in [0.15, 0.2) is 98.9 Å². The number of fused-ring (bicyclic) bond motifs is 3. The molecule has 0 spiro atoms. The lowest BCUT2D eigenvalue weighted by Crippen LogP contribution is -2.03. The van der Waals surface area contributed by atoms with E-state index in [9.17, 15) is 9.59 Å². The van der Waals surface area contributed by atoms with Gasteiger partial charge in [-0.15, -0.1) is 0 Å². The first-order valence-corrected chi connectivity index (χ1v) is 8.21. The zero-order valence-electron chi connectivity index (χ0n) is 13.8. The molecule has 0 aliphatic rings. The van der Waals surface area contributed by atoms with Gasteiger partial charge in [0.25, 0.3) is 0 Å². The molecule has 26 heavy (non-hydrogen) atoms. The highest BCUT2D eigenvalue weighted by Gasteiger charge is 2.02. The van der Waals surface area contributed by atoms with Gasteiger partial charge in [-0.3, -0.25) is 4.79 Å². The fourth-order valence-corrected chi connectivity index (χ4v) is 2.88. The maximum atomic E-state index is 12.1. The van der Waals surface area contributed by atoms with Crippen LogP contribution in [-0.2, 0) is 0 Å². The molecule has 5 aromatic rings. The van der Waals surface area contributed by atoms with Crippen LogP contribution in [0.3, 0.4) is 0 Å². The lowest BCUT2D eigenvalue weighted by Gasteiger charge is -2.01. The lowest BCUT2D eigenvalue weighted by atomic mass is 10.1. The van der Waals surface area contributed by atoms with Crippen molar-refractivity contribution >= 4 is 32.8 Å². The number of H-pyrrole nitrogens is 1. The second-order valence-corrected chi connectivity index (χ2v) is 5.84. The van der Waals surface area contributed by atoms with E-state index in [-0.39, 0.29) is 11.1 Å². The summed E-state index contributed by atoms with van der Waals surface area (Å²) in [6.07, 6.45) is 0. The standard InChI is InChI=1S/C13H9NO.C9H6O2/c15-13-9-5-1-3-7-11(9)14-12-8-4-2-6-10(12)13;10-9-6-5-7-3-1-2-4-8(7)11-9/h1-8H,(H,14,15);1-6H. The highest BCUT2D eigenvalue weighted by atomic mass is 16.4. The van der Waals surface area contributed by atoms with Gasteiger partial charge in [0.05, 0.1) is 0 Å². The van der Waals surface area contributed by atoms with Crippen LogP contribution in [0, 0.1) is 0 Å². The molecule has 2 heterocycles. The molecule has 4 nitrogen and oxygen atoms in total. The predicted octanol–water partition coefficient (Wildman–Crippen LogP) is 4.47. The van der Waals surface area contributed by atoms with Crippen molar-refractivity contribution in [1.82, 2.24) is 4.98 Å². The van der Waals surface area contributed by atoms with E-state index in [4.69, 9.17) is 4.42 Å². The molecule has 0 amide bonds. The molecule has 1 N–H and O–H groups in total. The Balaban J connectivity index is 0.000000136. The zero-order valence-corrected chi connectivity index (χ0v) is 13.8. The monoisotopic (exact) mass is 341 g/mol. The quantitative estimate of drug-likeness (QED) is 0.334. The average Bonchev–Trinajstić information content (AvgIpc) is 2.69. The summed E-state index contributed by atoms with van der Waals surface area (Å²) in [5.41, 5.74) is 2.21. The molecule has 0 aliphatic heterocycles. The number of aromatic nitrogens is 1. The molecule has 0 saturated carbocycles. The number of aromatic amines is 1. The second-order valence-electron chi connectivity index (χ2n) is 5.84. The van der Waals surface area contributed by atoms with Gasteiger partial charge in [-0.25, -0.2) is 4.79 Å². The third-order valence-electron chi connectivity index (χ3n) is 4.14. The summed E-state index contributed by atoms with van der Waals surface area (Å²) in [5.74, 6) is 0. The van der Waals surface area contributed by atoms with Crippen molar-refractivity contribution < 1.29 is 4.42 Å². The van der Waals surface area contributed by atoms with Gasteiger partial charge in [0, 0.05) is 33.3 Å². The normalized spacial score (nSPS) is 10.6. The number of hydrogen-bond acceptors (Lipinski definition) is 3. The number of para-hydroxylation sites is 3. The van der Waals surface area contributed by atoms with Crippen LogP contribution >= 0.6 is 0 Å². The Bertz CT molecular complexity index is 1270. The van der Waals surface area contributed by atoms with Gasteiger partial charge in [-0.1, -0.05) is 42.5 Å². The number of rotatable bonds is 0. The number of pyridine rings is 1. The molecule has 2 aromatic heterocycles. The summed E-state index contributed by atoms with van der Waals surface area (Å²) in [6.45, 7) is 0. The van der Waals surface area contributed by atoms with E-state index in [1.165, 1.54) is 6.07 Å². The molecule has 5 rings (SSSR count). The van der Waals surface area contributed by atoms with Crippen LogP contribution in [-0.4, -0.2) is 4.98 Å². The van der Waals surface area contributed by atoms with Gasteiger partial charge in [0.15, 0.2) is 5.43 Å². The molecule has 126 valence electrons. The minimum atomic E-state index is -0.302. The Kier molecular flexibility index (Phi) is 4.07. The van der Waals surface area contributed by atoms with E-state index in [1.807, 2.05) is 66.7 Å². The smallest absolute Gasteiger partial charge is 0.336 e. The van der Waals surface area contributed by atoms with Gasteiger partial charge in [0.2, 0.25) is 0 Å².